The van der Waals surface area contributed by atoms with Crippen LogP contribution >= 0.6 is 0 Å². The average Bonchev–Trinajstić information content (AvgIpc) is 3.24. The zero-order chi connectivity index (χ0) is 15.4. The van der Waals surface area contributed by atoms with Crippen LogP contribution in [-0.4, -0.2) is 23.5 Å². The Morgan fingerprint density at radius 2 is 2.29 bits per heavy atom. The molecule has 1 unspecified atom stereocenters. The number of hydrogen-bond acceptors (Lipinski definition) is 5. The lowest BCUT2D eigenvalue weighted by Crippen LogP contribution is -2.29. The maximum absolute atomic E-state index is 11.9. The van der Waals surface area contributed by atoms with E-state index in [1.165, 1.54) is 12.1 Å². The number of carbonyl (C=O) groups is 1. The summed E-state index contributed by atoms with van der Waals surface area (Å²) in [6.07, 6.45) is 2.28. The highest BCUT2D eigenvalue weighted by Crippen LogP contribution is 2.33. The predicted octanol–water partition coefficient (Wildman–Crippen LogP) is 2.06. The first-order valence-electron chi connectivity index (χ1n) is 6.98. The Morgan fingerprint density at radius 1 is 1.57 bits per heavy atom. The first kappa shape index (κ1) is 15.2. The SMILES string of the molecule is CCOc1ccc(NC(=O)CC(N)C2CC2)c([N+](=O)[O-])c1. The number of nitrogens with two attached hydrogens (primary N) is 1. The molecule has 0 aromatic heterocycles. The fraction of sp³-hybridized carbons (Fsp3) is 0.500. The van der Waals surface area contributed by atoms with Gasteiger partial charge in [0.05, 0.1) is 17.6 Å². The Bertz CT molecular complexity index is 543. The summed E-state index contributed by atoms with van der Waals surface area (Å²) >= 11 is 0. The van der Waals surface area contributed by atoms with Crippen molar-refractivity contribution in [1.82, 2.24) is 0 Å². The molecule has 1 fully saturated rings. The first-order valence-corrected chi connectivity index (χ1v) is 6.98. The maximum Gasteiger partial charge on any atom is 0.296 e. The quantitative estimate of drug-likeness (QED) is 0.591. The van der Waals surface area contributed by atoms with Crippen LogP contribution in [-0.2, 0) is 4.79 Å². The topological polar surface area (TPSA) is 107 Å². The number of nitrogens with zero attached hydrogens (tertiary/aromatic N) is 1. The van der Waals surface area contributed by atoms with Gasteiger partial charge in [-0.1, -0.05) is 0 Å². The van der Waals surface area contributed by atoms with E-state index >= 15 is 0 Å². The second-order valence-electron chi connectivity index (χ2n) is 5.12. The van der Waals surface area contributed by atoms with Crippen molar-refractivity contribution in [3.63, 3.8) is 0 Å². The molecule has 1 aliphatic carbocycles. The van der Waals surface area contributed by atoms with Gasteiger partial charge < -0.3 is 15.8 Å². The van der Waals surface area contributed by atoms with Gasteiger partial charge in [0.15, 0.2) is 0 Å². The van der Waals surface area contributed by atoms with Gasteiger partial charge in [0.25, 0.3) is 5.69 Å². The lowest BCUT2D eigenvalue weighted by atomic mass is 10.1. The Balaban J connectivity index is 2.07. The number of benzene rings is 1. The number of nitro groups is 1. The van der Waals surface area contributed by atoms with E-state index in [1.807, 2.05) is 0 Å². The number of ether oxygens (including phenoxy) is 1. The van der Waals surface area contributed by atoms with Crippen molar-refractivity contribution in [2.24, 2.45) is 11.7 Å². The van der Waals surface area contributed by atoms with Crippen molar-refractivity contribution in [2.75, 3.05) is 11.9 Å². The fourth-order valence-electron chi connectivity index (χ4n) is 2.13. The number of nitrogens with one attached hydrogen (secondary N) is 1. The molecule has 2 rings (SSSR count). The predicted molar refractivity (Wildman–Crippen MR) is 78.2 cm³/mol. The van der Waals surface area contributed by atoms with Gasteiger partial charge in [-0.25, -0.2) is 0 Å². The molecule has 0 aliphatic heterocycles. The van der Waals surface area contributed by atoms with E-state index in [2.05, 4.69) is 5.32 Å². The van der Waals surface area contributed by atoms with E-state index in [4.69, 9.17) is 10.5 Å². The zero-order valence-corrected chi connectivity index (χ0v) is 11.9. The van der Waals surface area contributed by atoms with Gasteiger partial charge in [0, 0.05) is 12.5 Å². The minimum absolute atomic E-state index is 0.163. The second kappa shape index (κ2) is 6.53. The van der Waals surface area contributed by atoms with Gasteiger partial charge in [-0.3, -0.25) is 14.9 Å². The molecule has 7 nitrogen and oxygen atoms in total. The Kier molecular flexibility index (Phi) is 4.74. The molecular weight excluding hydrogens is 274 g/mol. The van der Waals surface area contributed by atoms with E-state index in [0.717, 1.165) is 12.8 Å². The van der Waals surface area contributed by atoms with Crippen LogP contribution in [0.4, 0.5) is 11.4 Å². The van der Waals surface area contributed by atoms with E-state index in [-0.39, 0.29) is 29.7 Å². The van der Waals surface area contributed by atoms with Crippen LogP contribution in [0.15, 0.2) is 18.2 Å². The molecule has 1 aliphatic rings. The molecule has 1 atom stereocenters. The lowest BCUT2D eigenvalue weighted by molar-refractivity contribution is -0.384. The van der Waals surface area contributed by atoms with E-state index < -0.39 is 4.92 Å². The third-order valence-corrected chi connectivity index (χ3v) is 3.40. The summed E-state index contributed by atoms with van der Waals surface area (Å²) in [5.41, 5.74) is 5.86. The van der Waals surface area contributed by atoms with Gasteiger partial charge in [0.1, 0.15) is 11.4 Å². The standard InChI is InChI=1S/C14H19N3O4/c1-2-21-10-5-6-12(13(7-10)17(19)20)16-14(18)8-11(15)9-3-4-9/h5-7,9,11H,2-4,8,15H2,1H3,(H,16,18). The first-order chi connectivity index (χ1) is 10.0. The number of nitro benzene ring substituents is 1. The molecule has 7 heteroatoms. The van der Waals surface area contributed by atoms with Crippen LogP contribution in [0.1, 0.15) is 26.2 Å². The molecule has 3 N–H and O–H groups in total. The highest BCUT2D eigenvalue weighted by atomic mass is 16.6. The highest BCUT2D eigenvalue weighted by Gasteiger charge is 2.30. The summed E-state index contributed by atoms with van der Waals surface area (Å²) in [5.74, 6) is 0.504. The molecule has 1 aromatic rings. The summed E-state index contributed by atoms with van der Waals surface area (Å²) < 4.78 is 5.22. The molecule has 0 saturated heterocycles. The molecule has 0 bridgehead atoms. The van der Waals surface area contributed by atoms with E-state index in [1.54, 1.807) is 13.0 Å². The number of rotatable bonds is 7. The molecule has 0 radical (unpaired) electrons. The molecular formula is C14H19N3O4. The van der Waals surface area contributed by atoms with Crippen LogP contribution in [0.2, 0.25) is 0 Å². The number of carbonyl (C=O) groups excluding carboxylic acids is 1. The number of anilines is 1. The minimum Gasteiger partial charge on any atom is -0.494 e. The maximum atomic E-state index is 11.9. The van der Waals surface area contributed by atoms with E-state index in [9.17, 15) is 14.9 Å². The van der Waals surface area contributed by atoms with Crippen LogP contribution in [0.5, 0.6) is 5.75 Å². The molecule has 1 aromatic carbocycles. The third-order valence-electron chi connectivity index (χ3n) is 3.40. The lowest BCUT2D eigenvalue weighted by Gasteiger charge is -2.11. The molecule has 21 heavy (non-hydrogen) atoms. The monoisotopic (exact) mass is 293 g/mol. The number of hydrogen-bond donors (Lipinski definition) is 2. The summed E-state index contributed by atoms with van der Waals surface area (Å²) in [6.45, 7) is 2.21. The van der Waals surface area contributed by atoms with Crippen molar-refractivity contribution in [3.8, 4) is 5.75 Å². The Labute approximate surface area is 122 Å². The largest absolute Gasteiger partial charge is 0.494 e. The smallest absolute Gasteiger partial charge is 0.296 e. The van der Waals surface area contributed by atoms with Crippen molar-refractivity contribution >= 4 is 17.3 Å². The number of amides is 1. The average molecular weight is 293 g/mol. The Hall–Kier alpha value is -2.15. The van der Waals surface area contributed by atoms with Gasteiger partial charge in [-0.15, -0.1) is 0 Å². The summed E-state index contributed by atoms with van der Waals surface area (Å²) in [7, 11) is 0. The van der Waals surface area contributed by atoms with Gasteiger partial charge in [-0.2, -0.15) is 0 Å². The molecule has 0 heterocycles. The van der Waals surface area contributed by atoms with E-state index in [0.29, 0.717) is 18.3 Å². The Morgan fingerprint density at radius 3 is 2.86 bits per heavy atom. The zero-order valence-electron chi connectivity index (χ0n) is 11.9. The van der Waals surface area contributed by atoms with Gasteiger partial charge in [0.2, 0.25) is 5.91 Å². The fourth-order valence-corrected chi connectivity index (χ4v) is 2.13. The summed E-state index contributed by atoms with van der Waals surface area (Å²) in [4.78, 5) is 22.4. The highest BCUT2D eigenvalue weighted by molar-refractivity contribution is 5.93. The van der Waals surface area contributed by atoms with Crippen LogP contribution < -0.4 is 15.8 Å². The van der Waals surface area contributed by atoms with Crippen LogP contribution in [0.25, 0.3) is 0 Å². The second-order valence-corrected chi connectivity index (χ2v) is 5.12. The third kappa shape index (κ3) is 4.16. The van der Waals surface area contributed by atoms with Crippen molar-refractivity contribution in [1.29, 1.82) is 0 Å². The minimum atomic E-state index is -0.543. The summed E-state index contributed by atoms with van der Waals surface area (Å²) in [6, 6.07) is 4.20. The van der Waals surface area contributed by atoms with Crippen LogP contribution in [0.3, 0.4) is 0 Å². The molecule has 114 valence electrons. The van der Waals surface area contributed by atoms with Crippen molar-refractivity contribution in [2.45, 2.75) is 32.2 Å². The molecule has 0 spiro atoms. The normalized spacial score (nSPS) is 15.3. The van der Waals surface area contributed by atoms with Crippen molar-refractivity contribution in [3.05, 3.63) is 28.3 Å². The van der Waals surface area contributed by atoms with Crippen LogP contribution in [0, 0.1) is 16.0 Å². The van der Waals surface area contributed by atoms with Crippen molar-refractivity contribution < 1.29 is 14.5 Å². The van der Waals surface area contributed by atoms with Gasteiger partial charge in [-0.05, 0) is 37.8 Å². The van der Waals surface area contributed by atoms with Gasteiger partial charge >= 0.3 is 0 Å². The molecule has 1 amide bonds. The summed E-state index contributed by atoms with van der Waals surface area (Å²) in [5, 5.41) is 13.6. The molecule has 1 saturated carbocycles.